The van der Waals surface area contributed by atoms with Crippen LogP contribution in [0.2, 0.25) is 0 Å². The number of rotatable bonds is 7. The third kappa shape index (κ3) is 6.58. The predicted octanol–water partition coefficient (Wildman–Crippen LogP) is 1.69. The molecule has 1 saturated heterocycles. The largest absolute Gasteiger partial charge is 0.378 e. The average molecular weight is 425 g/mol. The van der Waals surface area contributed by atoms with Gasteiger partial charge in [-0.15, -0.1) is 0 Å². The van der Waals surface area contributed by atoms with Gasteiger partial charge < -0.3 is 15.0 Å². The highest BCUT2D eigenvalue weighted by atomic mass is 16.5. The summed E-state index contributed by atoms with van der Waals surface area (Å²) >= 11 is 0. The molecule has 1 fully saturated rings. The number of morpholine rings is 1. The number of benzene rings is 1. The third-order valence-corrected chi connectivity index (χ3v) is 4.68. The second-order valence-corrected chi connectivity index (χ2v) is 7.32. The maximum Gasteiger partial charge on any atom is 0.245 e. The van der Waals surface area contributed by atoms with E-state index in [1.807, 2.05) is 31.2 Å². The molecule has 2 aromatic rings. The van der Waals surface area contributed by atoms with Gasteiger partial charge in [0, 0.05) is 46.0 Å². The first-order chi connectivity index (χ1) is 14.9. The summed E-state index contributed by atoms with van der Waals surface area (Å²) in [4.78, 5) is 34.9. The SMILES string of the molecule is CC(=O)NCCc1nc(N2CCOCC2)cc(N(/N=C/c2cccc(C)c2)C(C)=O)n1. The molecule has 3 rings (SSSR count). The number of aryl methyl sites for hydroxylation is 1. The van der Waals surface area contributed by atoms with Gasteiger partial charge in [0.15, 0.2) is 5.82 Å². The van der Waals surface area contributed by atoms with Crippen LogP contribution < -0.4 is 15.2 Å². The maximum absolute atomic E-state index is 12.4. The third-order valence-electron chi connectivity index (χ3n) is 4.68. The fourth-order valence-electron chi connectivity index (χ4n) is 3.17. The van der Waals surface area contributed by atoms with Crippen LogP contribution in [-0.2, 0) is 20.7 Å². The number of nitrogens with one attached hydrogen (secondary N) is 1. The molecule has 9 nitrogen and oxygen atoms in total. The number of amides is 2. The van der Waals surface area contributed by atoms with Crippen LogP contribution in [0.4, 0.5) is 11.6 Å². The number of hydrogen-bond donors (Lipinski definition) is 1. The van der Waals surface area contributed by atoms with Crippen LogP contribution in [0.25, 0.3) is 0 Å². The quantitative estimate of drug-likeness (QED) is 0.536. The molecule has 2 amide bonds. The van der Waals surface area contributed by atoms with E-state index in [9.17, 15) is 9.59 Å². The zero-order valence-corrected chi connectivity index (χ0v) is 18.2. The van der Waals surface area contributed by atoms with Crippen molar-refractivity contribution in [2.75, 3.05) is 42.8 Å². The summed E-state index contributed by atoms with van der Waals surface area (Å²) in [6.07, 6.45) is 2.08. The minimum Gasteiger partial charge on any atom is -0.378 e. The highest BCUT2D eigenvalue weighted by molar-refractivity contribution is 5.93. The van der Waals surface area contributed by atoms with Crippen molar-refractivity contribution in [1.29, 1.82) is 0 Å². The van der Waals surface area contributed by atoms with Crippen LogP contribution in [0, 0.1) is 6.92 Å². The molecule has 0 radical (unpaired) electrons. The Morgan fingerprint density at radius 2 is 2.00 bits per heavy atom. The fraction of sp³-hybridized carbons (Fsp3) is 0.409. The standard InChI is InChI=1S/C22H28N6O3/c1-16-5-4-6-19(13-16)15-24-28(18(3)30)22-14-21(27-9-11-31-12-10-27)25-20(26-22)7-8-23-17(2)29/h4-6,13-15H,7-12H2,1-3H3,(H,23,29)/b24-15+. The van der Waals surface area contributed by atoms with E-state index in [1.165, 1.54) is 18.9 Å². The summed E-state index contributed by atoms with van der Waals surface area (Å²) in [5.74, 6) is 1.26. The summed E-state index contributed by atoms with van der Waals surface area (Å²) < 4.78 is 5.44. The van der Waals surface area contributed by atoms with Crippen molar-refractivity contribution in [2.24, 2.45) is 5.10 Å². The van der Waals surface area contributed by atoms with Crippen LogP contribution in [0.15, 0.2) is 35.4 Å². The maximum atomic E-state index is 12.4. The fourth-order valence-corrected chi connectivity index (χ4v) is 3.17. The van der Waals surface area contributed by atoms with E-state index in [1.54, 1.807) is 12.3 Å². The van der Waals surface area contributed by atoms with Crippen molar-refractivity contribution >= 4 is 29.7 Å². The van der Waals surface area contributed by atoms with E-state index in [4.69, 9.17) is 4.74 Å². The molecule has 9 heteroatoms. The molecule has 2 heterocycles. The first-order valence-electron chi connectivity index (χ1n) is 10.3. The lowest BCUT2D eigenvalue weighted by atomic mass is 10.2. The Morgan fingerprint density at radius 1 is 1.23 bits per heavy atom. The number of nitrogens with zero attached hydrogens (tertiary/aromatic N) is 5. The van der Waals surface area contributed by atoms with Crippen molar-refractivity contribution in [1.82, 2.24) is 15.3 Å². The monoisotopic (exact) mass is 424 g/mol. The lowest BCUT2D eigenvalue weighted by molar-refractivity contribution is -0.119. The molecular weight excluding hydrogens is 396 g/mol. The summed E-state index contributed by atoms with van der Waals surface area (Å²) in [5.41, 5.74) is 2.00. The van der Waals surface area contributed by atoms with Gasteiger partial charge >= 0.3 is 0 Å². The second-order valence-electron chi connectivity index (χ2n) is 7.32. The molecule has 1 aliphatic heterocycles. The number of hydrazone groups is 1. The lowest BCUT2D eigenvalue weighted by Gasteiger charge is -2.28. The van der Waals surface area contributed by atoms with E-state index in [0.29, 0.717) is 56.7 Å². The van der Waals surface area contributed by atoms with Gasteiger partial charge in [-0.25, -0.2) is 9.97 Å². The highest BCUT2D eigenvalue weighted by Gasteiger charge is 2.19. The van der Waals surface area contributed by atoms with Gasteiger partial charge in [0.25, 0.3) is 0 Å². The van der Waals surface area contributed by atoms with Gasteiger partial charge in [0.05, 0.1) is 19.4 Å². The first kappa shape index (κ1) is 22.4. The van der Waals surface area contributed by atoms with Crippen LogP contribution in [0.1, 0.15) is 30.8 Å². The van der Waals surface area contributed by atoms with Crippen LogP contribution in [0.3, 0.4) is 0 Å². The van der Waals surface area contributed by atoms with Crippen LogP contribution in [-0.4, -0.2) is 60.8 Å². The van der Waals surface area contributed by atoms with Crippen molar-refractivity contribution in [3.8, 4) is 0 Å². The van der Waals surface area contributed by atoms with Crippen molar-refractivity contribution in [3.05, 3.63) is 47.3 Å². The normalized spacial score (nSPS) is 14.0. The summed E-state index contributed by atoms with van der Waals surface area (Å²) in [6, 6.07) is 9.62. The Balaban J connectivity index is 1.92. The Labute approximate surface area is 182 Å². The molecule has 1 aromatic carbocycles. The van der Waals surface area contributed by atoms with E-state index in [0.717, 1.165) is 11.1 Å². The van der Waals surface area contributed by atoms with E-state index >= 15 is 0 Å². The Hall–Kier alpha value is -3.33. The highest BCUT2D eigenvalue weighted by Crippen LogP contribution is 2.21. The summed E-state index contributed by atoms with van der Waals surface area (Å²) in [7, 11) is 0. The molecule has 1 N–H and O–H groups in total. The number of aromatic nitrogens is 2. The van der Waals surface area contributed by atoms with Gasteiger partial charge in [-0.1, -0.05) is 29.8 Å². The van der Waals surface area contributed by atoms with E-state index < -0.39 is 0 Å². The average Bonchev–Trinajstić information content (AvgIpc) is 2.74. The minimum absolute atomic E-state index is 0.113. The van der Waals surface area contributed by atoms with Gasteiger partial charge in [-0.05, 0) is 12.5 Å². The van der Waals surface area contributed by atoms with Crippen molar-refractivity contribution < 1.29 is 14.3 Å². The van der Waals surface area contributed by atoms with Gasteiger partial charge in [0.1, 0.15) is 11.6 Å². The number of hydrogen-bond acceptors (Lipinski definition) is 7. The van der Waals surface area contributed by atoms with Gasteiger partial charge in [0.2, 0.25) is 11.8 Å². The molecule has 0 atom stereocenters. The summed E-state index contributed by atoms with van der Waals surface area (Å²) in [6.45, 7) is 7.96. The molecule has 31 heavy (non-hydrogen) atoms. The predicted molar refractivity (Wildman–Crippen MR) is 119 cm³/mol. The minimum atomic E-state index is -0.261. The molecule has 1 aromatic heterocycles. The van der Waals surface area contributed by atoms with Gasteiger partial charge in [-0.3, -0.25) is 9.59 Å². The Bertz CT molecular complexity index is 956. The zero-order valence-electron chi connectivity index (χ0n) is 18.2. The number of ether oxygens (including phenoxy) is 1. The number of carbonyl (C=O) groups excluding carboxylic acids is 2. The molecule has 1 aliphatic rings. The molecule has 0 aliphatic carbocycles. The lowest BCUT2D eigenvalue weighted by Crippen LogP contribution is -2.37. The molecule has 0 saturated carbocycles. The Morgan fingerprint density at radius 3 is 2.68 bits per heavy atom. The first-order valence-corrected chi connectivity index (χ1v) is 10.3. The van der Waals surface area contributed by atoms with Gasteiger partial charge in [-0.2, -0.15) is 10.1 Å². The van der Waals surface area contributed by atoms with Crippen LogP contribution in [0.5, 0.6) is 0 Å². The smallest absolute Gasteiger partial charge is 0.245 e. The molecular formula is C22H28N6O3. The Kier molecular flexibility index (Phi) is 7.66. The number of anilines is 2. The number of carbonyl (C=O) groups is 2. The zero-order chi connectivity index (χ0) is 22.2. The van der Waals surface area contributed by atoms with E-state index in [2.05, 4.69) is 25.3 Å². The van der Waals surface area contributed by atoms with Crippen LogP contribution >= 0.6 is 0 Å². The second kappa shape index (κ2) is 10.6. The summed E-state index contributed by atoms with van der Waals surface area (Å²) in [5, 5.41) is 8.42. The molecule has 0 spiro atoms. The van der Waals surface area contributed by atoms with Crippen molar-refractivity contribution in [2.45, 2.75) is 27.2 Å². The topological polar surface area (TPSA) is 100 Å². The molecule has 0 unspecified atom stereocenters. The van der Waals surface area contributed by atoms with Crippen molar-refractivity contribution in [3.63, 3.8) is 0 Å². The molecule has 0 bridgehead atoms. The molecule has 164 valence electrons. The van der Waals surface area contributed by atoms with E-state index in [-0.39, 0.29) is 11.8 Å².